The van der Waals surface area contributed by atoms with Crippen molar-refractivity contribution in [2.45, 2.75) is 12.4 Å². The number of nitrogens with zero attached hydrogens (tertiary/aromatic N) is 9. The van der Waals surface area contributed by atoms with E-state index in [-0.39, 0.29) is 34.1 Å². The highest BCUT2D eigenvalue weighted by Gasteiger charge is 2.37. The van der Waals surface area contributed by atoms with Crippen LogP contribution in [-0.2, 0) is 12.4 Å². The summed E-state index contributed by atoms with van der Waals surface area (Å²) in [5.74, 6) is 2.58. The first-order valence-corrected chi connectivity index (χ1v) is 26.5. The van der Waals surface area contributed by atoms with Crippen molar-refractivity contribution in [3.63, 3.8) is 0 Å². The van der Waals surface area contributed by atoms with Crippen LogP contribution in [0.1, 0.15) is 16.7 Å². The average molecular weight is 1110 g/mol. The fourth-order valence-electron chi connectivity index (χ4n) is 11.0. The first-order chi connectivity index (χ1) is 40.8. The van der Waals surface area contributed by atoms with Gasteiger partial charge in [0.25, 0.3) is 0 Å². The molecule has 84 heavy (non-hydrogen) atoms. The molecule has 10 aromatic carbocycles. The molecule has 0 saturated carbocycles. The predicted molar refractivity (Wildman–Crippen MR) is 315 cm³/mol. The zero-order valence-corrected chi connectivity index (χ0v) is 43.8. The van der Waals surface area contributed by atoms with Crippen molar-refractivity contribution >= 4 is 43.6 Å². The number of hydrogen-bond acceptors (Lipinski definition) is 7. The smallest absolute Gasteiger partial charge is 0.308 e. The first kappa shape index (κ1) is 51.1. The van der Waals surface area contributed by atoms with Gasteiger partial charge in [-0.15, -0.1) is 0 Å². The predicted octanol–water partition coefficient (Wildman–Crippen LogP) is 17.8. The van der Waals surface area contributed by atoms with Crippen LogP contribution >= 0.6 is 0 Å². The van der Waals surface area contributed by atoms with Crippen LogP contribution in [0.3, 0.4) is 0 Å². The standard InChI is InChI=1S/C69H39F6N9/c70-68(71,72)49-33-47(34-50(39-49)69(73,74)75)48-37-60(83-56-27-15-13-25-51(56)53-35-45(29-31-58(53)83)66-79-62(41-17-5-1-6-18-41)77-63(80-66)42-19-7-2-8-20-42)55(40-76)61(38-48)84-57-28-16-14-26-52(57)54-36-46(30-32-59(54)84)67-81-64(43-21-9-3-10-22-43)78-65(82-67)44-23-11-4-12-24-44/h1-39H. The van der Waals surface area contributed by atoms with Gasteiger partial charge in [-0.3, -0.25) is 0 Å². The molecule has 0 radical (unpaired) electrons. The van der Waals surface area contributed by atoms with Gasteiger partial charge in [-0.25, -0.2) is 29.9 Å². The van der Waals surface area contributed by atoms with E-state index in [1.807, 2.05) is 215 Å². The number of rotatable bonds is 9. The Labute approximate surface area is 474 Å². The molecule has 4 aromatic heterocycles. The summed E-state index contributed by atoms with van der Waals surface area (Å²) in [6.45, 7) is 0. The maximum absolute atomic E-state index is 14.8. The second kappa shape index (κ2) is 20.2. The Balaban J connectivity index is 1.02. The van der Waals surface area contributed by atoms with Crippen molar-refractivity contribution in [2.24, 2.45) is 0 Å². The fraction of sp³-hybridized carbons (Fsp3) is 0.0290. The fourth-order valence-corrected chi connectivity index (χ4v) is 11.0. The molecule has 0 spiro atoms. The van der Waals surface area contributed by atoms with Crippen LogP contribution in [-0.4, -0.2) is 39.0 Å². The number of benzene rings is 10. The Morgan fingerprint density at radius 2 is 0.583 bits per heavy atom. The van der Waals surface area contributed by atoms with Crippen LogP contribution in [0.15, 0.2) is 237 Å². The summed E-state index contributed by atoms with van der Waals surface area (Å²) in [6.07, 6.45) is -10.3. The molecule has 0 aliphatic rings. The molecular weight excluding hydrogens is 1070 g/mol. The molecular formula is C69H39F6N9. The van der Waals surface area contributed by atoms with Gasteiger partial charge < -0.3 is 9.13 Å². The van der Waals surface area contributed by atoms with Gasteiger partial charge in [0, 0.05) is 54.9 Å². The van der Waals surface area contributed by atoms with E-state index in [1.54, 1.807) is 0 Å². The third-order valence-electron chi connectivity index (χ3n) is 14.9. The number of fused-ring (bicyclic) bond motifs is 6. The lowest BCUT2D eigenvalue weighted by Gasteiger charge is -2.20. The Bertz CT molecular complexity index is 4520. The molecule has 0 bridgehead atoms. The summed E-state index contributed by atoms with van der Waals surface area (Å²) in [5.41, 5.74) is 3.86. The number of nitriles is 1. The van der Waals surface area contributed by atoms with E-state index in [2.05, 4.69) is 6.07 Å². The third kappa shape index (κ3) is 9.12. The molecule has 0 saturated heterocycles. The van der Waals surface area contributed by atoms with Crippen LogP contribution in [0.5, 0.6) is 0 Å². The molecule has 0 amide bonds. The highest BCUT2D eigenvalue weighted by molar-refractivity contribution is 6.12. The SMILES string of the molecule is N#Cc1c(-n2c3ccccc3c3cc(-c4nc(-c5ccccc5)nc(-c5ccccc5)n4)ccc32)cc(-c2cc(C(F)(F)F)cc(C(F)(F)F)c2)cc1-n1c2ccccc2c2cc(-c3nc(-c4ccccc4)nc(-c4ccccc4)n3)ccc21. The maximum Gasteiger partial charge on any atom is 0.416 e. The lowest BCUT2D eigenvalue weighted by Crippen LogP contribution is -2.11. The van der Waals surface area contributed by atoms with Crippen molar-refractivity contribution in [1.82, 2.24) is 39.0 Å². The molecule has 0 aliphatic carbocycles. The van der Waals surface area contributed by atoms with E-state index < -0.39 is 23.5 Å². The molecule has 402 valence electrons. The first-order valence-electron chi connectivity index (χ1n) is 26.5. The van der Waals surface area contributed by atoms with Gasteiger partial charge in [-0.05, 0) is 90.0 Å². The topological polar surface area (TPSA) is 111 Å². The van der Waals surface area contributed by atoms with Gasteiger partial charge in [0.1, 0.15) is 11.6 Å². The molecule has 0 unspecified atom stereocenters. The van der Waals surface area contributed by atoms with Crippen molar-refractivity contribution in [3.8, 4) is 96.9 Å². The van der Waals surface area contributed by atoms with Crippen LogP contribution in [0, 0.1) is 11.3 Å². The number of halogens is 6. The molecule has 14 aromatic rings. The number of alkyl halides is 6. The number of aromatic nitrogens is 8. The maximum atomic E-state index is 14.8. The Hall–Kier alpha value is -11.1. The minimum absolute atomic E-state index is 0.0140. The molecule has 0 N–H and O–H groups in total. The van der Waals surface area contributed by atoms with Gasteiger partial charge >= 0.3 is 12.4 Å². The molecule has 9 nitrogen and oxygen atoms in total. The Kier molecular flexibility index (Phi) is 12.3. The van der Waals surface area contributed by atoms with Gasteiger partial charge in [-0.2, -0.15) is 31.6 Å². The minimum Gasteiger partial charge on any atom is -0.308 e. The van der Waals surface area contributed by atoms with Gasteiger partial charge in [0.15, 0.2) is 34.9 Å². The molecule has 4 heterocycles. The second-order valence-corrected chi connectivity index (χ2v) is 20.0. The normalized spacial score (nSPS) is 11.9. The summed E-state index contributed by atoms with van der Waals surface area (Å²) in [7, 11) is 0. The monoisotopic (exact) mass is 1110 g/mol. The van der Waals surface area contributed by atoms with Crippen LogP contribution in [0.4, 0.5) is 26.3 Å². The highest BCUT2D eigenvalue weighted by Crippen LogP contribution is 2.44. The van der Waals surface area contributed by atoms with E-state index in [4.69, 9.17) is 29.9 Å². The third-order valence-corrected chi connectivity index (χ3v) is 14.9. The van der Waals surface area contributed by atoms with E-state index in [0.717, 1.165) is 33.0 Å². The summed E-state index contributed by atoms with van der Waals surface area (Å²) in [6, 6.07) is 71.4. The Morgan fingerprint density at radius 3 is 0.917 bits per heavy atom. The van der Waals surface area contributed by atoms with Crippen molar-refractivity contribution in [3.05, 3.63) is 253 Å². The average Bonchev–Trinajstić information content (AvgIpc) is 1.89. The summed E-state index contributed by atoms with van der Waals surface area (Å²) in [4.78, 5) is 29.6. The lowest BCUT2D eigenvalue weighted by atomic mass is 9.96. The van der Waals surface area contributed by atoms with Gasteiger partial charge in [0.05, 0.1) is 44.6 Å². The molecule has 0 aliphatic heterocycles. The zero-order valence-electron chi connectivity index (χ0n) is 43.8. The molecule has 0 fully saturated rings. The summed E-state index contributed by atoms with van der Waals surface area (Å²) >= 11 is 0. The van der Waals surface area contributed by atoms with Crippen LogP contribution < -0.4 is 0 Å². The van der Waals surface area contributed by atoms with E-state index in [0.29, 0.717) is 91.0 Å². The summed E-state index contributed by atoms with van der Waals surface area (Å²) in [5, 5.41) is 14.6. The quantitative estimate of drug-likeness (QED) is 0.132. The van der Waals surface area contributed by atoms with Gasteiger partial charge in [-0.1, -0.05) is 158 Å². The number of hydrogen-bond donors (Lipinski definition) is 0. The largest absolute Gasteiger partial charge is 0.416 e. The lowest BCUT2D eigenvalue weighted by molar-refractivity contribution is -0.143. The van der Waals surface area contributed by atoms with E-state index in [1.165, 1.54) is 12.1 Å². The van der Waals surface area contributed by atoms with E-state index >= 15 is 0 Å². The van der Waals surface area contributed by atoms with Gasteiger partial charge in [0.2, 0.25) is 0 Å². The van der Waals surface area contributed by atoms with E-state index in [9.17, 15) is 31.6 Å². The Morgan fingerprint density at radius 1 is 0.286 bits per heavy atom. The minimum atomic E-state index is -5.14. The second-order valence-electron chi connectivity index (χ2n) is 20.0. The number of para-hydroxylation sites is 2. The van der Waals surface area contributed by atoms with Crippen LogP contribution in [0.2, 0.25) is 0 Å². The highest BCUT2D eigenvalue weighted by atomic mass is 19.4. The molecule has 14 rings (SSSR count). The summed E-state index contributed by atoms with van der Waals surface area (Å²) < 4.78 is 92.3. The van der Waals surface area contributed by atoms with Crippen molar-refractivity contribution < 1.29 is 26.3 Å². The zero-order chi connectivity index (χ0) is 57.3. The molecule has 0 atom stereocenters. The van der Waals surface area contributed by atoms with Crippen molar-refractivity contribution in [2.75, 3.05) is 0 Å². The molecule has 15 heteroatoms. The van der Waals surface area contributed by atoms with Crippen molar-refractivity contribution in [1.29, 1.82) is 5.26 Å². The van der Waals surface area contributed by atoms with Crippen LogP contribution in [0.25, 0.3) is 134 Å².